The molecular weight excluding hydrogens is 230 g/mol. The Morgan fingerprint density at radius 3 is 2.25 bits per heavy atom. The van der Waals surface area contributed by atoms with E-state index in [2.05, 4.69) is 0 Å². The van der Waals surface area contributed by atoms with E-state index in [1.165, 1.54) is 12.1 Å². The van der Waals surface area contributed by atoms with Crippen molar-refractivity contribution in [1.29, 1.82) is 0 Å². The van der Waals surface area contributed by atoms with Gasteiger partial charge in [0.15, 0.2) is 0 Å². The number of anilines is 1. The smallest absolute Gasteiger partial charge is 0.295 e. The zero-order valence-electron chi connectivity index (χ0n) is 8.08. The van der Waals surface area contributed by atoms with E-state index in [-0.39, 0.29) is 27.1 Å². The second kappa shape index (κ2) is 3.36. The third-order valence-corrected chi connectivity index (χ3v) is 3.18. The molecule has 0 heterocycles. The number of phenols is 1. The topological polar surface area (TPSA) is 101 Å². The average Bonchev–Trinajstić information content (AvgIpc) is 2.22. The molecule has 6 heteroatoms. The molecule has 0 aromatic heterocycles. The molecule has 0 bridgehead atoms. The van der Waals surface area contributed by atoms with Crippen LogP contribution in [0.25, 0.3) is 10.8 Å². The van der Waals surface area contributed by atoms with Crippen molar-refractivity contribution < 1.29 is 18.1 Å². The monoisotopic (exact) mass is 239 g/mol. The van der Waals surface area contributed by atoms with Crippen molar-refractivity contribution >= 4 is 26.6 Å². The first-order chi connectivity index (χ1) is 7.41. The van der Waals surface area contributed by atoms with Gasteiger partial charge >= 0.3 is 0 Å². The lowest BCUT2D eigenvalue weighted by molar-refractivity contribution is 0.481. The minimum Gasteiger partial charge on any atom is -0.505 e. The third kappa shape index (κ3) is 1.58. The molecule has 0 unspecified atom stereocenters. The molecule has 0 aliphatic heterocycles. The molecule has 0 spiro atoms. The van der Waals surface area contributed by atoms with Crippen LogP contribution in [0.2, 0.25) is 0 Å². The molecule has 0 aliphatic rings. The van der Waals surface area contributed by atoms with Crippen LogP contribution in [0.15, 0.2) is 35.2 Å². The third-order valence-electron chi connectivity index (χ3n) is 2.29. The van der Waals surface area contributed by atoms with Gasteiger partial charge in [-0.2, -0.15) is 8.42 Å². The first kappa shape index (κ1) is 10.7. The van der Waals surface area contributed by atoms with Crippen LogP contribution in [-0.2, 0) is 10.1 Å². The highest BCUT2D eigenvalue weighted by molar-refractivity contribution is 7.86. The Morgan fingerprint density at radius 2 is 1.69 bits per heavy atom. The van der Waals surface area contributed by atoms with Crippen LogP contribution in [0.5, 0.6) is 5.75 Å². The fourth-order valence-electron chi connectivity index (χ4n) is 1.56. The number of benzene rings is 2. The second-order valence-electron chi connectivity index (χ2n) is 3.33. The predicted octanol–water partition coefficient (Wildman–Crippen LogP) is 1.37. The van der Waals surface area contributed by atoms with Gasteiger partial charge in [-0.3, -0.25) is 4.55 Å². The summed E-state index contributed by atoms with van der Waals surface area (Å²) in [5, 5.41) is 10.2. The van der Waals surface area contributed by atoms with Crippen LogP contribution < -0.4 is 5.73 Å². The Morgan fingerprint density at radius 1 is 1.12 bits per heavy atom. The van der Waals surface area contributed by atoms with Gasteiger partial charge in [-0.1, -0.05) is 24.3 Å². The van der Waals surface area contributed by atoms with Crippen LogP contribution in [0.4, 0.5) is 5.69 Å². The molecule has 0 radical (unpaired) electrons. The van der Waals surface area contributed by atoms with Crippen LogP contribution in [0.1, 0.15) is 0 Å². The first-order valence-corrected chi connectivity index (χ1v) is 5.83. The van der Waals surface area contributed by atoms with Crippen molar-refractivity contribution in [3.8, 4) is 5.75 Å². The van der Waals surface area contributed by atoms with Crippen LogP contribution in [-0.4, -0.2) is 18.1 Å². The molecule has 2 aromatic rings. The summed E-state index contributed by atoms with van der Waals surface area (Å²) >= 11 is 0. The highest BCUT2D eigenvalue weighted by Crippen LogP contribution is 2.35. The minimum atomic E-state index is -4.36. The van der Waals surface area contributed by atoms with E-state index in [1.54, 1.807) is 12.1 Å². The number of fused-ring (bicyclic) bond motifs is 1. The first-order valence-electron chi connectivity index (χ1n) is 4.39. The Labute approximate surface area is 91.9 Å². The average molecular weight is 239 g/mol. The maximum atomic E-state index is 11.1. The fraction of sp³-hybridized carbons (Fsp3) is 0. The lowest BCUT2D eigenvalue weighted by Crippen LogP contribution is -2.01. The largest absolute Gasteiger partial charge is 0.505 e. The van der Waals surface area contributed by atoms with Gasteiger partial charge in [-0.15, -0.1) is 0 Å². The van der Waals surface area contributed by atoms with E-state index < -0.39 is 10.1 Å². The molecular formula is C10H9NO4S. The fourth-order valence-corrected chi connectivity index (χ4v) is 2.29. The Balaban J connectivity index is 3.02. The zero-order valence-corrected chi connectivity index (χ0v) is 8.90. The number of aromatic hydroxyl groups is 1. The molecule has 0 fully saturated rings. The molecule has 4 N–H and O–H groups in total. The van der Waals surface area contributed by atoms with Gasteiger partial charge in [0, 0.05) is 10.8 Å². The number of hydrogen-bond acceptors (Lipinski definition) is 4. The normalized spacial score (nSPS) is 11.8. The summed E-state index contributed by atoms with van der Waals surface area (Å²) < 4.78 is 31.3. The van der Waals surface area contributed by atoms with Crippen molar-refractivity contribution in [2.75, 3.05) is 5.73 Å². The van der Waals surface area contributed by atoms with E-state index in [4.69, 9.17) is 10.3 Å². The summed E-state index contributed by atoms with van der Waals surface area (Å²) in [6.45, 7) is 0. The molecule has 0 saturated heterocycles. The summed E-state index contributed by atoms with van der Waals surface area (Å²) in [7, 11) is -4.36. The maximum absolute atomic E-state index is 11.1. The second-order valence-corrected chi connectivity index (χ2v) is 4.72. The minimum absolute atomic E-state index is 0.0914. The summed E-state index contributed by atoms with van der Waals surface area (Å²) in [5.74, 6) is -0.192. The van der Waals surface area contributed by atoms with Crippen LogP contribution in [0.3, 0.4) is 0 Å². The van der Waals surface area contributed by atoms with Gasteiger partial charge in [0.25, 0.3) is 10.1 Å². The number of nitrogens with two attached hydrogens (primary N) is 1. The maximum Gasteiger partial charge on any atom is 0.295 e. The van der Waals surface area contributed by atoms with E-state index in [1.807, 2.05) is 0 Å². The lowest BCUT2D eigenvalue weighted by Gasteiger charge is -2.08. The van der Waals surface area contributed by atoms with E-state index >= 15 is 0 Å². The molecule has 0 amide bonds. The SMILES string of the molecule is Nc1cc(S(=O)(=O)O)c2ccccc2c1O. The lowest BCUT2D eigenvalue weighted by atomic mass is 10.1. The molecule has 2 rings (SSSR count). The van der Waals surface area contributed by atoms with E-state index in [0.717, 1.165) is 6.07 Å². The van der Waals surface area contributed by atoms with Crippen LogP contribution in [0, 0.1) is 0 Å². The van der Waals surface area contributed by atoms with Crippen molar-refractivity contribution in [3.05, 3.63) is 30.3 Å². The summed E-state index contributed by atoms with van der Waals surface area (Å²) in [5.41, 5.74) is 5.37. The highest BCUT2D eigenvalue weighted by atomic mass is 32.2. The molecule has 0 atom stereocenters. The Hall–Kier alpha value is -1.79. The number of nitrogen functional groups attached to an aromatic ring is 1. The summed E-state index contributed by atoms with van der Waals surface area (Å²) in [6, 6.07) is 7.28. The zero-order chi connectivity index (χ0) is 11.9. The van der Waals surface area contributed by atoms with E-state index in [9.17, 15) is 13.5 Å². The van der Waals surface area contributed by atoms with Gasteiger partial charge in [-0.05, 0) is 6.07 Å². The molecule has 0 aliphatic carbocycles. The molecule has 2 aromatic carbocycles. The predicted molar refractivity (Wildman–Crippen MR) is 59.8 cm³/mol. The highest BCUT2D eigenvalue weighted by Gasteiger charge is 2.17. The van der Waals surface area contributed by atoms with Gasteiger partial charge in [0.05, 0.1) is 5.69 Å². The number of rotatable bonds is 1. The quantitative estimate of drug-likeness (QED) is 0.396. The van der Waals surface area contributed by atoms with Gasteiger partial charge in [0.1, 0.15) is 10.6 Å². The Bertz CT molecular complexity index is 664. The van der Waals surface area contributed by atoms with Crippen molar-refractivity contribution in [2.45, 2.75) is 4.90 Å². The molecule has 0 saturated carbocycles. The van der Waals surface area contributed by atoms with Crippen LogP contribution >= 0.6 is 0 Å². The van der Waals surface area contributed by atoms with Gasteiger partial charge in [0.2, 0.25) is 0 Å². The summed E-state index contributed by atoms with van der Waals surface area (Å²) in [6.07, 6.45) is 0. The summed E-state index contributed by atoms with van der Waals surface area (Å²) in [4.78, 5) is -0.307. The van der Waals surface area contributed by atoms with Gasteiger partial charge in [-0.25, -0.2) is 0 Å². The standard InChI is InChI=1S/C10H9NO4S/c11-8-5-9(16(13,14)15)6-3-1-2-4-7(6)10(8)12/h1-5,12H,11H2,(H,13,14,15). The van der Waals surface area contributed by atoms with E-state index in [0.29, 0.717) is 0 Å². The molecule has 16 heavy (non-hydrogen) atoms. The van der Waals surface area contributed by atoms with Crippen molar-refractivity contribution in [1.82, 2.24) is 0 Å². The van der Waals surface area contributed by atoms with Gasteiger partial charge < -0.3 is 10.8 Å². The number of hydrogen-bond donors (Lipinski definition) is 3. The van der Waals surface area contributed by atoms with Crippen molar-refractivity contribution in [2.24, 2.45) is 0 Å². The molecule has 5 nitrogen and oxygen atoms in total. The Kier molecular flexibility index (Phi) is 2.25. The molecule has 84 valence electrons. The van der Waals surface area contributed by atoms with Crippen molar-refractivity contribution in [3.63, 3.8) is 0 Å². The number of phenolic OH excluding ortho intramolecular Hbond substituents is 1.